The number of ether oxygens (including phenoxy) is 1. The number of carbonyl (C=O) groups excluding carboxylic acids is 3. The molecule has 0 bridgehead atoms. The lowest BCUT2D eigenvalue weighted by Crippen LogP contribution is -2.44. The summed E-state index contributed by atoms with van der Waals surface area (Å²) in [5.41, 5.74) is 10.3. The van der Waals surface area contributed by atoms with Crippen LogP contribution in [0.15, 0.2) is 36.4 Å². The quantitative estimate of drug-likeness (QED) is 0.242. The summed E-state index contributed by atoms with van der Waals surface area (Å²) in [4.78, 5) is 41.2. The van der Waals surface area contributed by atoms with Crippen LogP contribution in [-0.2, 0) is 33.8 Å². The summed E-state index contributed by atoms with van der Waals surface area (Å²) in [6, 6.07) is 11.3. The highest BCUT2D eigenvalue weighted by molar-refractivity contribution is 6.34. The van der Waals surface area contributed by atoms with Gasteiger partial charge >= 0.3 is 11.8 Å². The van der Waals surface area contributed by atoms with E-state index in [0.717, 1.165) is 68.9 Å². The predicted molar refractivity (Wildman–Crippen MR) is 188 cm³/mol. The highest BCUT2D eigenvalue weighted by Crippen LogP contribution is 2.32. The van der Waals surface area contributed by atoms with Crippen LogP contribution in [0.3, 0.4) is 0 Å². The first-order valence-corrected chi connectivity index (χ1v) is 17.6. The maximum absolute atomic E-state index is 12.9. The van der Waals surface area contributed by atoms with Crippen molar-refractivity contribution in [3.63, 3.8) is 0 Å². The number of halogens is 2. The van der Waals surface area contributed by atoms with Crippen molar-refractivity contribution >= 4 is 40.9 Å². The largest absolute Gasteiger partial charge is 0.379 e. The van der Waals surface area contributed by atoms with Crippen LogP contribution in [0.4, 0.5) is 0 Å². The van der Waals surface area contributed by atoms with E-state index >= 15 is 0 Å². The molecule has 13 heteroatoms. The summed E-state index contributed by atoms with van der Waals surface area (Å²) in [5, 5.41) is 12.2. The molecule has 11 nitrogen and oxygen atoms in total. The van der Waals surface area contributed by atoms with E-state index in [1.807, 2.05) is 16.8 Å². The molecule has 0 spiro atoms. The van der Waals surface area contributed by atoms with Gasteiger partial charge in [0.2, 0.25) is 0 Å². The number of benzene rings is 2. The molecule has 6 rings (SSSR count). The Morgan fingerprint density at radius 2 is 1.94 bits per heavy atom. The van der Waals surface area contributed by atoms with Gasteiger partial charge < -0.3 is 26.0 Å². The van der Waals surface area contributed by atoms with Crippen LogP contribution in [0, 0.1) is 11.8 Å². The van der Waals surface area contributed by atoms with Crippen molar-refractivity contribution < 1.29 is 19.1 Å². The molecule has 4 N–H and O–H groups in total. The van der Waals surface area contributed by atoms with Gasteiger partial charge in [0.1, 0.15) is 0 Å². The zero-order chi connectivity index (χ0) is 34.5. The van der Waals surface area contributed by atoms with Gasteiger partial charge in [-0.25, -0.2) is 0 Å². The Hall–Kier alpha value is -3.92. The third-order valence-corrected chi connectivity index (χ3v) is 10.1. The second-order valence-electron chi connectivity index (χ2n) is 12.8. The number of primary amides is 1. The summed E-state index contributed by atoms with van der Waals surface area (Å²) >= 11 is 13.0. The van der Waals surface area contributed by atoms with Crippen LogP contribution < -0.4 is 16.4 Å². The number of morpholine rings is 1. The molecule has 258 valence electrons. The van der Waals surface area contributed by atoms with Crippen molar-refractivity contribution in [3.8, 4) is 23.1 Å². The maximum Gasteiger partial charge on any atom is 0.311 e. The first-order valence-electron chi connectivity index (χ1n) is 16.8. The molecule has 4 heterocycles. The van der Waals surface area contributed by atoms with Gasteiger partial charge in [-0.15, -0.1) is 0 Å². The van der Waals surface area contributed by atoms with Crippen LogP contribution in [0.2, 0.25) is 10.0 Å². The van der Waals surface area contributed by atoms with Gasteiger partial charge in [0, 0.05) is 79.2 Å². The minimum Gasteiger partial charge on any atom is -0.379 e. The molecule has 1 aromatic heterocycles. The number of rotatable bonds is 8. The molecular formula is C36H41Cl2N7O4. The summed E-state index contributed by atoms with van der Waals surface area (Å²) in [5.74, 6) is 4.37. The number of aromatic nitrogens is 2. The zero-order valence-corrected chi connectivity index (χ0v) is 29.1. The Bertz CT molecular complexity index is 1790. The smallest absolute Gasteiger partial charge is 0.311 e. The molecule has 2 fully saturated rings. The van der Waals surface area contributed by atoms with Gasteiger partial charge in [-0.05, 0) is 63.1 Å². The highest BCUT2D eigenvalue weighted by atomic mass is 35.5. The van der Waals surface area contributed by atoms with Crippen molar-refractivity contribution in [1.29, 1.82) is 0 Å². The fourth-order valence-corrected chi connectivity index (χ4v) is 7.05. The fourth-order valence-electron chi connectivity index (χ4n) is 6.68. The van der Waals surface area contributed by atoms with E-state index in [4.69, 9.17) is 38.8 Å². The van der Waals surface area contributed by atoms with Crippen molar-refractivity contribution in [1.82, 2.24) is 30.2 Å². The molecule has 3 aromatic rings. The molecule has 2 saturated heterocycles. The van der Waals surface area contributed by atoms with Gasteiger partial charge in [-0.1, -0.05) is 41.1 Å². The normalized spacial score (nSPS) is 19.2. The lowest BCUT2D eigenvalue weighted by molar-refractivity contribution is -0.144. The summed E-state index contributed by atoms with van der Waals surface area (Å²) in [6.07, 6.45) is 3.58. The van der Waals surface area contributed by atoms with E-state index in [9.17, 15) is 14.4 Å². The second-order valence-corrected chi connectivity index (χ2v) is 13.6. The molecule has 2 atom stereocenters. The highest BCUT2D eigenvalue weighted by Gasteiger charge is 2.30. The number of hydrogen-bond donors (Lipinski definition) is 3. The maximum atomic E-state index is 12.9. The van der Waals surface area contributed by atoms with E-state index in [0.29, 0.717) is 64.5 Å². The van der Waals surface area contributed by atoms with Crippen LogP contribution in [0.1, 0.15) is 58.9 Å². The fraction of sp³-hybridized carbons (Fsp3) is 0.444. The van der Waals surface area contributed by atoms with E-state index in [1.165, 1.54) is 4.90 Å². The molecule has 3 aliphatic rings. The number of fused-ring (bicyclic) bond motifs is 1. The Kier molecular flexibility index (Phi) is 11.2. The molecule has 0 aliphatic carbocycles. The number of aryl methyl sites for hydroxylation is 1. The zero-order valence-electron chi connectivity index (χ0n) is 27.6. The summed E-state index contributed by atoms with van der Waals surface area (Å²) < 4.78 is 7.62. The minimum atomic E-state index is -0.977. The van der Waals surface area contributed by atoms with Crippen LogP contribution >= 0.6 is 23.2 Å². The van der Waals surface area contributed by atoms with Gasteiger partial charge in [-0.3, -0.25) is 24.0 Å². The standard InChI is InChI=1S/C36H41Cl2N7O4/c1-23-22-49-17-16-43(23)13-3-14-45-32-11-15-44(36(48)34(39)46)21-29(32)33(42-45)26-8-10-30(37)25(19-26)7-5-24-6-9-31(38)28(18-24)35(47)41-20-27-4-2-12-40-27/h6,8-10,18-19,23,27,40H,2-4,11-17,20-22H2,1H3,(H2,39,46)(H,41,47). The van der Waals surface area contributed by atoms with Gasteiger partial charge in [0.15, 0.2) is 0 Å². The molecule has 3 amide bonds. The molecule has 0 radical (unpaired) electrons. The summed E-state index contributed by atoms with van der Waals surface area (Å²) in [7, 11) is 0. The number of nitrogens with zero attached hydrogens (tertiary/aromatic N) is 4. The van der Waals surface area contributed by atoms with Crippen molar-refractivity contribution in [2.45, 2.75) is 57.8 Å². The van der Waals surface area contributed by atoms with E-state index in [-0.39, 0.29) is 18.5 Å². The van der Waals surface area contributed by atoms with E-state index in [2.05, 4.69) is 34.3 Å². The SMILES string of the molecule is CC1COCCN1CCCn1nc(-c2ccc(Cl)c(C#Cc3ccc(Cl)c(C(=O)NCC4CCCN4)c3)c2)c2c1CCN(C(=O)C(N)=O)C2. The van der Waals surface area contributed by atoms with Crippen LogP contribution in [0.25, 0.3) is 11.3 Å². The first-order chi connectivity index (χ1) is 23.7. The van der Waals surface area contributed by atoms with E-state index in [1.54, 1.807) is 24.3 Å². The van der Waals surface area contributed by atoms with Crippen molar-refractivity contribution in [2.24, 2.45) is 5.73 Å². The first kappa shape index (κ1) is 34.9. The minimum absolute atomic E-state index is 0.225. The monoisotopic (exact) mass is 705 g/mol. The van der Waals surface area contributed by atoms with Crippen LogP contribution in [-0.4, -0.2) is 95.3 Å². The second kappa shape index (κ2) is 15.7. The number of nitrogens with two attached hydrogens (primary N) is 1. The number of amides is 3. The third kappa shape index (κ3) is 8.28. The van der Waals surface area contributed by atoms with Gasteiger partial charge in [0.25, 0.3) is 5.91 Å². The number of hydrogen-bond acceptors (Lipinski definition) is 7. The number of carbonyl (C=O) groups is 3. The Labute approximate surface area is 296 Å². The average molecular weight is 707 g/mol. The molecular weight excluding hydrogens is 665 g/mol. The average Bonchev–Trinajstić information content (AvgIpc) is 3.76. The lowest BCUT2D eigenvalue weighted by atomic mass is 9.99. The van der Waals surface area contributed by atoms with Gasteiger partial charge in [0.05, 0.1) is 41.1 Å². The lowest BCUT2D eigenvalue weighted by Gasteiger charge is -2.33. The summed E-state index contributed by atoms with van der Waals surface area (Å²) in [6.45, 7) is 8.30. The molecule has 0 saturated carbocycles. The topological polar surface area (TPSA) is 135 Å². The van der Waals surface area contributed by atoms with Crippen LogP contribution in [0.5, 0.6) is 0 Å². The Morgan fingerprint density at radius 3 is 2.71 bits per heavy atom. The van der Waals surface area contributed by atoms with Crippen molar-refractivity contribution in [2.75, 3.05) is 45.9 Å². The predicted octanol–water partition coefficient (Wildman–Crippen LogP) is 3.22. The Morgan fingerprint density at radius 1 is 1.10 bits per heavy atom. The molecule has 2 aromatic carbocycles. The van der Waals surface area contributed by atoms with E-state index < -0.39 is 11.8 Å². The third-order valence-electron chi connectivity index (χ3n) is 9.42. The Balaban J connectivity index is 1.25. The number of nitrogens with one attached hydrogen (secondary N) is 2. The van der Waals surface area contributed by atoms with Gasteiger partial charge in [-0.2, -0.15) is 5.10 Å². The molecule has 2 unspecified atom stereocenters. The van der Waals surface area contributed by atoms with Crippen molar-refractivity contribution in [3.05, 3.63) is 74.4 Å². The molecule has 49 heavy (non-hydrogen) atoms. The molecule has 3 aliphatic heterocycles.